The molecule has 4 rings (SSSR count). The molecule has 0 bridgehead atoms. The van der Waals surface area contributed by atoms with Crippen molar-refractivity contribution < 1.29 is 0 Å². The number of nitrogens with one attached hydrogen (secondary N) is 1. The molecule has 3 aliphatic rings. The summed E-state index contributed by atoms with van der Waals surface area (Å²) in [4.78, 5) is 6.94. The van der Waals surface area contributed by atoms with E-state index in [2.05, 4.69) is 35.2 Å². The number of anilines is 1. The first kappa shape index (κ1) is 11.1. The molecule has 1 aliphatic carbocycles. The SMILES string of the molecule is CN1CC[C@@]23Nc4ncc(Cl)cc4[C@]2(C)C[C@H]3C1. The Hall–Kier alpha value is -0.800. The van der Waals surface area contributed by atoms with Crippen LogP contribution in [-0.2, 0) is 5.41 Å². The van der Waals surface area contributed by atoms with Gasteiger partial charge in [0.2, 0.25) is 0 Å². The summed E-state index contributed by atoms with van der Waals surface area (Å²) < 4.78 is 0. The fourth-order valence-electron chi connectivity index (χ4n) is 4.53. The highest BCUT2D eigenvalue weighted by Crippen LogP contribution is 2.65. The van der Waals surface area contributed by atoms with Gasteiger partial charge in [-0.25, -0.2) is 4.98 Å². The van der Waals surface area contributed by atoms with Crippen LogP contribution < -0.4 is 5.32 Å². The fourth-order valence-corrected chi connectivity index (χ4v) is 4.69. The Morgan fingerprint density at radius 3 is 3.17 bits per heavy atom. The molecule has 1 spiro atoms. The minimum absolute atomic E-state index is 0.228. The third kappa shape index (κ3) is 1.08. The van der Waals surface area contributed by atoms with Gasteiger partial charge in [-0.05, 0) is 31.9 Å². The van der Waals surface area contributed by atoms with E-state index < -0.39 is 0 Å². The summed E-state index contributed by atoms with van der Waals surface area (Å²) in [5, 5.41) is 4.50. The first-order valence-electron chi connectivity index (χ1n) is 6.68. The maximum Gasteiger partial charge on any atom is 0.130 e. The second kappa shape index (κ2) is 3.20. The largest absolute Gasteiger partial charge is 0.363 e. The van der Waals surface area contributed by atoms with E-state index in [1.54, 1.807) is 6.20 Å². The van der Waals surface area contributed by atoms with Gasteiger partial charge >= 0.3 is 0 Å². The molecule has 1 aromatic rings. The summed E-state index contributed by atoms with van der Waals surface area (Å²) in [7, 11) is 2.22. The van der Waals surface area contributed by atoms with Crippen molar-refractivity contribution in [2.75, 3.05) is 25.5 Å². The smallest absolute Gasteiger partial charge is 0.130 e. The molecular weight excluding hydrogens is 246 g/mol. The molecule has 0 amide bonds. The molecule has 3 nitrogen and oxygen atoms in total. The lowest BCUT2D eigenvalue weighted by molar-refractivity contribution is -0.0261. The van der Waals surface area contributed by atoms with Crippen LogP contribution in [0.3, 0.4) is 0 Å². The minimum Gasteiger partial charge on any atom is -0.363 e. The lowest BCUT2D eigenvalue weighted by Crippen LogP contribution is -2.71. The van der Waals surface area contributed by atoms with Gasteiger partial charge < -0.3 is 10.2 Å². The van der Waals surface area contributed by atoms with E-state index in [4.69, 9.17) is 11.6 Å². The van der Waals surface area contributed by atoms with E-state index >= 15 is 0 Å². The van der Waals surface area contributed by atoms with E-state index in [0.717, 1.165) is 16.8 Å². The van der Waals surface area contributed by atoms with Crippen LogP contribution in [0.1, 0.15) is 25.3 Å². The zero-order chi connectivity index (χ0) is 12.5. The van der Waals surface area contributed by atoms with Gasteiger partial charge in [0, 0.05) is 30.3 Å². The number of piperidine rings is 1. The molecule has 3 atom stereocenters. The van der Waals surface area contributed by atoms with Gasteiger partial charge in [0.15, 0.2) is 0 Å². The Bertz CT molecular complexity index is 532. The number of hydrogen-bond acceptors (Lipinski definition) is 3. The second-order valence-corrected chi connectivity index (χ2v) is 6.83. The van der Waals surface area contributed by atoms with Crippen LogP contribution in [0.25, 0.3) is 0 Å². The summed E-state index contributed by atoms with van der Waals surface area (Å²) in [6.45, 7) is 4.75. The van der Waals surface area contributed by atoms with Crippen molar-refractivity contribution in [3.8, 4) is 0 Å². The number of hydrogen-bond donors (Lipinski definition) is 1. The lowest BCUT2D eigenvalue weighted by Gasteiger charge is -2.63. The van der Waals surface area contributed by atoms with Crippen molar-refractivity contribution in [2.45, 2.75) is 30.7 Å². The normalized spacial score (nSPS) is 41.4. The van der Waals surface area contributed by atoms with Crippen molar-refractivity contribution in [3.63, 3.8) is 0 Å². The number of halogens is 1. The molecule has 96 valence electrons. The predicted molar refractivity (Wildman–Crippen MR) is 73.2 cm³/mol. The molecule has 0 radical (unpaired) electrons. The Morgan fingerprint density at radius 2 is 2.39 bits per heavy atom. The molecule has 18 heavy (non-hydrogen) atoms. The van der Waals surface area contributed by atoms with Gasteiger partial charge in [-0.15, -0.1) is 0 Å². The molecular formula is C14H18ClN3. The summed E-state index contributed by atoms with van der Waals surface area (Å²) >= 11 is 6.12. The number of pyridine rings is 1. The molecule has 1 saturated heterocycles. The number of nitrogens with zero attached hydrogens (tertiary/aromatic N) is 2. The highest BCUT2D eigenvalue weighted by molar-refractivity contribution is 6.30. The van der Waals surface area contributed by atoms with Gasteiger partial charge in [-0.2, -0.15) is 0 Å². The third-order valence-electron chi connectivity index (χ3n) is 5.55. The fraction of sp³-hybridized carbons (Fsp3) is 0.643. The summed E-state index contributed by atoms with van der Waals surface area (Å²) in [5.74, 6) is 1.81. The molecule has 0 unspecified atom stereocenters. The van der Waals surface area contributed by atoms with E-state index in [1.807, 2.05) is 0 Å². The van der Waals surface area contributed by atoms with E-state index in [0.29, 0.717) is 0 Å². The van der Waals surface area contributed by atoms with Crippen molar-refractivity contribution in [1.29, 1.82) is 0 Å². The lowest BCUT2D eigenvalue weighted by atomic mass is 9.46. The van der Waals surface area contributed by atoms with Crippen molar-refractivity contribution in [3.05, 3.63) is 22.8 Å². The molecule has 0 aromatic carbocycles. The van der Waals surface area contributed by atoms with E-state index in [1.165, 1.54) is 31.5 Å². The average molecular weight is 264 g/mol. The van der Waals surface area contributed by atoms with Crippen molar-refractivity contribution in [2.24, 2.45) is 5.92 Å². The Kier molecular flexibility index (Phi) is 1.97. The number of fused-ring (bicyclic) bond motifs is 2. The van der Waals surface area contributed by atoms with Crippen LogP contribution in [0.15, 0.2) is 12.3 Å². The maximum atomic E-state index is 6.12. The maximum absolute atomic E-state index is 6.12. The van der Waals surface area contributed by atoms with Crippen LogP contribution in [0.2, 0.25) is 5.02 Å². The summed E-state index contributed by atoms with van der Waals surface area (Å²) in [6, 6.07) is 2.11. The van der Waals surface area contributed by atoms with Crippen molar-refractivity contribution >= 4 is 17.4 Å². The zero-order valence-electron chi connectivity index (χ0n) is 10.8. The molecule has 3 heterocycles. The number of rotatable bonds is 0. The number of aromatic nitrogens is 1. The van der Waals surface area contributed by atoms with Gasteiger partial charge in [0.1, 0.15) is 5.82 Å². The van der Waals surface area contributed by atoms with Gasteiger partial charge in [-0.3, -0.25) is 0 Å². The molecule has 1 saturated carbocycles. The first-order valence-corrected chi connectivity index (χ1v) is 7.06. The monoisotopic (exact) mass is 263 g/mol. The molecule has 2 aliphatic heterocycles. The molecule has 2 fully saturated rings. The van der Waals surface area contributed by atoms with Gasteiger partial charge in [-0.1, -0.05) is 18.5 Å². The predicted octanol–water partition coefficient (Wildman–Crippen LogP) is 2.51. The van der Waals surface area contributed by atoms with Crippen molar-refractivity contribution in [1.82, 2.24) is 9.88 Å². The van der Waals surface area contributed by atoms with Crippen LogP contribution in [0.5, 0.6) is 0 Å². The Morgan fingerprint density at radius 1 is 1.56 bits per heavy atom. The zero-order valence-corrected chi connectivity index (χ0v) is 11.6. The Balaban J connectivity index is 1.80. The van der Waals surface area contributed by atoms with Gasteiger partial charge in [0.25, 0.3) is 0 Å². The highest BCUT2D eigenvalue weighted by atomic mass is 35.5. The molecule has 1 aromatic heterocycles. The average Bonchev–Trinajstić information content (AvgIpc) is 2.49. The van der Waals surface area contributed by atoms with Crippen LogP contribution in [0, 0.1) is 5.92 Å². The first-order chi connectivity index (χ1) is 8.55. The summed E-state index contributed by atoms with van der Waals surface area (Å²) in [6.07, 6.45) is 4.21. The number of likely N-dealkylation sites (tertiary alicyclic amines) is 1. The summed E-state index contributed by atoms with van der Waals surface area (Å²) in [5.41, 5.74) is 1.79. The molecule has 4 heteroatoms. The van der Waals surface area contributed by atoms with Crippen LogP contribution in [-0.4, -0.2) is 35.6 Å². The topological polar surface area (TPSA) is 28.2 Å². The van der Waals surface area contributed by atoms with E-state index in [9.17, 15) is 0 Å². The Labute approximate surface area is 113 Å². The van der Waals surface area contributed by atoms with Crippen LogP contribution in [0.4, 0.5) is 5.82 Å². The van der Waals surface area contributed by atoms with Gasteiger partial charge in [0.05, 0.1) is 10.6 Å². The quantitative estimate of drug-likeness (QED) is 0.780. The van der Waals surface area contributed by atoms with Crippen LogP contribution >= 0.6 is 11.6 Å². The minimum atomic E-state index is 0.228. The second-order valence-electron chi connectivity index (χ2n) is 6.39. The highest BCUT2D eigenvalue weighted by Gasteiger charge is 2.68. The third-order valence-corrected chi connectivity index (χ3v) is 5.75. The van der Waals surface area contributed by atoms with E-state index in [-0.39, 0.29) is 11.0 Å². The standard InChI is InChI=1S/C14H18ClN3/c1-13-6-9-8-18(2)4-3-14(9,13)17-12-11(13)5-10(15)7-16-12/h5,7,9H,3-4,6,8H2,1-2H3,(H,16,17)/t9-,13-,14-/m0/s1. The molecule has 1 N–H and O–H groups in total.